The summed E-state index contributed by atoms with van der Waals surface area (Å²) in [5.41, 5.74) is 1.87. The average molecular weight is 433 g/mol. The largest absolute Gasteiger partial charge is 0.441 e. The number of carbonyl (C=O) groups excluding carboxylic acids is 1. The second-order valence-electron chi connectivity index (χ2n) is 7.44. The molecule has 0 bridgehead atoms. The number of alkyl carbamates (subject to hydrolysis) is 1. The summed E-state index contributed by atoms with van der Waals surface area (Å²) in [4.78, 5) is 20.5. The van der Waals surface area contributed by atoms with Crippen molar-refractivity contribution in [1.29, 1.82) is 0 Å². The number of hydrogen-bond donors (Lipinski definition) is 3. The standard InChI is InChI=1S/C19H24FN7O4/c1-10(2)22-19(28)31-13-9-30-17(16(13)20)12-6-14(26-25-12)24-18-21-5-4-15-23-11(8-29-3)7-27(15)18/h4-7,10,13,16-17H,8-9H2,1-3H3,(H,22,28)(H2,21,24,25,26)/t13-,16-,17-/m0/s1. The molecule has 4 heterocycles. The van der Waals surface area contributed by atoms with Gasteiger partial charge in [0, 0.05) is 31.6 Å². The summed E-state index contributed by atoms with van der Waals surface area (Å²) >= 11 is 0. The third-order valence-corrected chi connectivity index (χ3v) is 4.62. The zero-order valence-electron chi connectivity index (χ0n) is 17.3. The Bertz CT molecular complexity index is 1050. The lowest BCUT2D eigenvalue weighted by atomic mass is 10.1. The summed E-state index contributed by atoms with van der Waals surface area (Å²) in [6.07, 6.45) is -0.696. The molecule has 1 aliphatic heterocycles. The number of alkyl halides is 1. The van der Waals surface area contributed by atoms with Gasteiger partial charge in [-0.05, 0) is 19.9 Å². The molecule has 12 heteroatoms. The summed E-state index contributed by atoms with van der Waals surface area (Å²) in [6, 6.07) is 3.29. The molecule has 0 unspecified atom stereocenters. The summed E-state index contributed by atoms with van der Waals surface area (Å²) in [5, 5.41) is 12.6. The molecule has 3 N–H and O–H groups in total. The van der Waals surface area contributed by atoms with E-state index in [1.165, 1.54) is 0 Å². The first-order valence-electron chi connectivity index (χ1n) is 9.81. The summed E-state index contributed by atoms with van der Waals surface area (Å²) in [7, 11) is 1.60. The maximum Gasteiger partial charge on any atom is 0.407 e. The third-order valence-electron chi connectivity index (χ3n) is 4.62. The van der Waals surface area contributed by atoms with Gasteiger partial charge in [0.05, 0.1) is 24.6 Å². The van der Waals surface area contributed by atoms with Crippen LogP contribution in [0.25, 0.3) is 5.65 Å². The van der Waals surface area contributed by atoms with E-state index in [2.05, 4.69) is 30.8 Å². The van der Waals surface area contributed by atoms with Gasteiger partial charge in [0.25, 0.3) is 0 Å². The SMILES string of the molecule is COCc1cn2c(Nc3cc([C@@H]4OC[C@H](OC(=O)NC(C)C)[C@@H]4F)[nH]n3)nccc2n1. The first kappa shape index (κ1) is 21.0. The minimum atomic E-state index is -1.53. The fourth-order valence-corrected chi connectivity index (χ4v) is 3.28. The van der Waals surface area contributed by atoms with Crippen molar-refractivity contribution in [2.75, 3.05) is 19.0 Å². The van der Waals surface area contributed by atoms with Crippen LogP contribution in [0.15, 0.2) is 24.5 Å². The molecule has 0 aliphatic carbocycles. The van der Waals surface area contributed by atoms with Gasteiger partial charge in [-0.3, -0.25) is 9.50 Å². The van der Waals surface area contributed by atoms with Gasteiger partial charge < -0.3 is 24.8 Å². The van der Waals surface area contributed by atoms with Crippen LogP contribution in [0.4, 0.5) is 21.0 Å². The third kappa shape index (κ3) is 4.59. The van der Waals surface area contributed by atoms with E-state index in [1.807, 2.05) is 6.20 Å². The number of aromatic amines is 1. The molecule has 1 saturated heterocycles. The summed E-state index contributed by atoms with van der Waals surface area (Å²) in [5.74, 6) is 0.913. The number of hydrogen-bond acceptors (Lipinski definition) is 8. The van der Waals surface area contributed by atoms with Crippen LogP contribution in [-0.2, 0) is 20.8 Å². The molecule has 3 aromatic heterocycles. The highest BCUT2D eigenvalue weighted by Gasteiger charge is 2.42. The molecule has 0 radical (unpaired) electrons. The highest BCUT2D eigenvalue weighted by Crippen LogP contribution is 2.33. The smallest absolute Gasteiger partial charge is 0.407 e. The number of aromatic nitrogens is 5. The minimum Gasteiger partial charge on any atom is -0.441 e. The highest BCUT2D eigenvalue weighted by atomic mass is 19.1. The predicted molar refractivity (Wildman–Crippen MR) is 108 cm³/mol. The molecule has 11 nitrogen and oxygen atoms in total. The first-order chi connectivity index (χ1) is 14.9. The molecule has 0 aromatic carbocycles. The van der Waals surface area contributed by atoms with Crippen molar-refractivity contribution in [3.05, 3.63) is 35.9 Å². The Hall–Kier alpha value is -3.25. The molecule has 0 spiro atoms. The normalized spacial score (nSPS) is 21.0. The van der Waals surface area contributed by atoms with Crippen molar-refractivity contribution in [2.24, 2.45) is 0 Å². The number of ether oxygens (including phenoxy) is 3. The van der Waals surface area contributed by atoms with Crippen LogP contribution in [0.5, 0.6) is 0 Å². The maximum atomic E-state index is 14.8. The van der Waals surface area contributed by atoms with Gasteiger partial charge in [0.2, 0.25) is 5.95 Å². The van der Waals surface area contributed by atoms with Crippen LogP contribution < -0.4 is 10.6 Å². The Morgan fingerprint density at radius 3 is 3.10 bits per heavy atom. The zero-order valence-corrected chi connectivity index (χ0v) is 17.3. The molecule has 4 rings (SSSR count). The van der Waals surface area contributed by atoms with Crippen molar-refractivity contribution in [2.45, 2.75) is 44.9 Å². The number of carbonyl (C=O) groups is 1. The van der Waals surface area contributed by atoms with Crippen LogP contribution >= 0.6 is 0 Å². The van der Waals surface area contributed by atoms with E-state index in [-0.39, 0.29) is 12.6 Å². The molecule has 3 aromatic rings. The summed E-state index contributed by atoms with van der Waals surface area (Å²) in [6.45, 7) is 3.91. The Morgan fingerprint density at radius 1 is 1.48 bits per heavy atom. The fourth-order valence-electron chi connectivity index (χ4n) is 3.28. The number of fused-ring (bicyclic) bond motifs is 1. The molecule has 166 valence electrons. The number of halogens is 1. The van der Waals surface area contributed by atoms with Crippen LogP contribution in [-0.4, -0.2) is 62.7 Å². The van der Waals surface area contributed by atoms with Crippen LogP contribution in [0.1, 0.15) is 31.3 Å². The summed E-state index contributed by atoms with van der Waals surface area (Å²) < 4.78 is 32.3. The van der Waals surface area contributed by atoms with Gasteiger partial charge in [-0.2, -0.15) is 5.10 Å². The van der Waals surface area contributed by atoms with Crippen molar-refractivity contribution < 1.29 is 23.4 Å². The second-order valence-corrected chi connectivity index (χ2v) is 7.44. The Kier molecular flexibility index (Phi) is 6.00. The second kappa shape index (κ2) is 8.86. The molecular formula is C19H24FN7O4. The maximum absolute atomic E-state index is 14.8. The molecule has 0 saturated carbocycles. The Labute approximate surface area is 177 Å². The fraction of sp³-hybridized carbons (Fsp3) is 0.474. The van der Waals surface area contributed by atoms with E-state index >= 15 is 0 Å². The topological polar surface area (TPSA) is 128 Å². The van der Waals surface area contributed by atoms with Gasteiger partial charge in [-0.25, -0.2) is 19.2 Å². The van der Waals surface area contributed by atoms with Gasteiger partial charge in [0.15, 0.2) is 18.1 Å². The number of rotatable bonds is 7. The number of imidazole rings is 1. The Balaban J connectivity index is 1.44. The molecule has 1 amide bonds. The van der Waals surface area contributed by atoms with E-state index < -0.39 is 24.5 Å². The number of H-pyrrole nitrogens is 1. The van der Waals surface area contributed by atoms with Crippen molar-refractivity contribution in [3.63, 3.8) is 0 Å². The van der Waals surface area contributed by atoms with Gasteiger partial charge >= 0.3 is 6.09 Å². The molecule has 3 atom stereocenters. The quantitative estimate of drug-likeness (QED) is 0.518. The lowest BCUT2D eigenvalue weighted by molar-refractivity contribution is 0.0615. The monoisotopic (exact) mass is 433 g/mol. The first-order valence-corrected chi connectivity index (χ1v) is 9.81. The van der Waals surface area contributed by atoms with Crippen molar-refractivity contribution in [3.8, 4) is 0 Å². The average Bonchev–Trinajstić information content (AvgIpc) is 3.41. The van der Waals surface area contributed by atoms with Crippen LogP contribution in [0, 0.1) is 0 Å². The van der Waals surface area contributed by atoms with E-state index in [1.54, 1.807) is 43.7 Å². The van der Waals surface area contributed by atoms with Crippen LogP contribution in [0.2, 0.25) is 0 Å². The predicted octanol–water partition coefficient (Wildman–Crippen LogP) is 2.25. The van der Waals surface area contributed by atoms with E-state index in [0.717, 1.165) is 5.69 Å². The lowest BCUT2D eigenvalue weighted by Gasteiger charge is -2.16. The van der Waals surface area contributed by atoms with Crippen molar-refractivity contribution in [1.82, 2.24) is 29.9 Å². The molecule has 1 aliphatic rings. The van der Waals surface area contributed by atoms with E-state index in [9.17, 15) is 9.18 Å². The minimum absolute atomic E-state index is 0.0443. The van der Waals surface area contributed by atoms with Gasteiger partial charge in [0.1, 0.15) is 11.8 Å². The van der Waals surface area contributed by atoms with E-state index in [4.69, 9.17) is 14.2 Å². The molecule has 31 heavy (non-hydrogen) atoms. The van der Waals surface area contributed by atoms with Gasteiger partial charge in [-0.15, -0.1) is 0 Å². The van der Waals surface area contributed by atoms with Crippen LogP contribution in [0.3, 0.4) is 0 Å². The molecule has 1 fully saturated rings. The number of nitrogens with zero attached hydrogens (tertiary/aromatic N) is 4. The lowest BCUT2D eigenvalue weighted by Crippen LogP contribution is -2.36. The number of anilines is 2. The Morgan fingerprint density at radius 2 is 2.32 bits per heavy atom. The van der Waals surface area contributed by atoms with Gasteiger partial charge in [-0.1, -0.05) is 0 Å². The number of amides is 1. The zero-order chi connectivity index (χ0) is 22.0. The van der Waals surface area contributed by atoms with Crippen molar-refractivity contribution >= 4 is 23.5 Å². The van der Waals surface area contributed by atoms with E-state index in [0.29, 0.717) is 29.7 Å². The molecular weight excluding hydrogens is 409 g/mol. The number of methoxy groups -OCH3 is 1. The number of nitrogens with one attached hydrogen (secondary N) is 3. The highest BCUT2D eigenvalue weighted by molar-refractivity contribution is 5.67.